The zero-order valence-electron chi connectivity index (χ0n) is 22.0. The van der Waals surface area contributed by atoms with Crippen LogP contribution >= 0.6 is 11.6 Å². The van der Waals surface area contributed by atoms with Gasteiger partial charge in [-0.15, -0.1) is 0 Å². The van der Waals surface area contributed by atoms with Crippen molar-refractivity contribution < 1.29 is 19.1 Å². The molecule has 39 heavy (non-hydrogen) atoms. The van der Waals surface area contributed by atoms with Crippen LogP contribution < -0.4 is 10.6 Å². The third-order valence-corrected chi connectivity index (χ3v) is 8.47. The van der Waals surface area contributed by atoms with Gasteiger partial charge in [0.25, 0.3) is 0 Å². The smallest absolute Gasteiger partial charge is 0.410 e. The van der Waals surface area contributed by atoms with Crippen molar-refractivity contribution in [2.24, 2.45) is 11.8 Å². The number of ether oxygens (including phenoxy) is 2. The highest BCUT2D eigenvalue weighted by atomic mass is 35.5. The predicted molar refractivity (Wildman–Crippen MR) is 145 cm³/mol. The number of nitrogens with zero attached hydrogens (tertiary/aromatic N) is 3. The number of Topliss-reactive ketones (excluding diaryl/α,β-unsaturated/α-hetero) is 1. The van der Waals surface area contributed by atoms with E-state index in [1.807, 2.05) is 42.5 Å². The number of hydrogen-bond donors (Lipinski definition) is 2. The molecule has 206 valence electrons. The molecule has 10 heteroatoms. The summed E-state index contributed by atoms with van der Waals surface area (Å²) in [6.07, 6.45) is 2.83. The minimum atomic E-state index is -0.652. The molecule has 0 saturated carbocycles. The number of nitrogens with one attached hydrogen (secondary N) is 2. The Morgan fingerprint density at radius 3 is 2.59 bits per heavy atom. The van der Waals surface area contributed by atoms with Crippen molar-refractivity contribution in [3.8, 4) is 6.07 Å². The van der Waals surface area contributed by atoms with Crippen LogP contribution in [0.2, 0.25) is 5.02 Å². The number of hydrogen-bond acceptors (Lipinski definition) is 8. The van der Waals surface area contributed by atoms with Crippen molar-refractivity contribution in [3.05, 3.63) is 64.9 Å². The highest BCUT2D eigenvalue weighted by Gasteiger charge is 2.49. The summed E-state index contributed by atoms with van der Waals surface area (Å²) in [5.74, 6) is -1.20. The van der Waals surface area contributed by atoms with E-state index >= 15 is 0 Å². The molecule has 4 unspecified atom stereocenters. The van der Waals surface area contributed by atoms with Gasteiger partial charge >= 0.3 is 6.09 Å². The Bertz CT molecular complexity index is 1180. The first kappa shape index (κ1) is 27.5. The Morgan fingerprint density at radius 2 is 1.90 bits per heavy atom. The summed E-state index contributed by atoms with van der Waals surface area (Å²) in [5, 5.41) is 17.3. The van der Waals surface area contributed by atoms with Crippen molar-refractivity contribution in [2.45, 2.75) is 49.4 Å². The molecule has 1 aromatic carbocycles. The van der Waals surface area contributed by atoms with E-state index in [1.165, 1.54) is 0 Å². The number of rotatable bonds is 6. The molecule has 0 spiro atoms. The maximum absolute atomic E-state index is 14.2. The average Bonchev–Trinajstić information content (AvgIpc) is 3.42. The second kappa shape index (κ2) is 12.4. The maximum Gasteiger partial charge on any atom is 0.410 e. The summed E-state index contributed by atoms with van der Waals surface area (Å²) in [6.45, 7) is 2.02. The molecule has 1 aromatic heterocycles. The van der Waals surface area contributed by atoms with Gasteiger partial charge in [0, 0.05) is 56.0 Å². The first-order valence-electron chi connectivity index (χ1n) is 13.5. The Balaban J connectivity index is 1.40. The van der Waals surface area contributed by atoms with Gasteiger partial charge in [-0.25, -0.2) is 4.79 Å². The quantitative estimate of drug-likeness (QED) is 0.560. The van der Waals surface area contributed by atoms with Crippen molar-refractivity contribution in [1.82, 2.24) is 20.5 Å². The molecule has 1 amide bonds. The Morgan fingerprint density at radius 1 is 1.13 bits per heavy atom. The number of aromatic nitrogens is 1. The van der Waals surface area contributed by atoms with Crippen LogP contribution in [-0.4, -0.2) is 73.3 Å². The minimum absolute atomic E-state index is 0.0591. The lowest BCUT2D eigenvalue weighted by Crippen LogP contribution is -2.54. The number of carbonyl (C=O) groups excluding carboxylic acids is 2. The summed E-state index contributed by atoms with van der Waals surface area (Å²) in [5.41, 5.74) is 1.82. The van der Waals surface area contributed by atoms with Gasteiger partial charge in [-0.2, -0.15) is 5.26 Å². The fraction of sp³-hybridized carbons (Fsp3) is 0.517. The van der Waals surface area contributed by atoms with E-state index in [4.69, 9.17) is 21.1 Å². The van der Waals surface area contributed by atoms with Crippen LogP contribution in [0, 0.1) is 23.2 Å². The van der Waals surface area contributed by atoms with Gasteiger partial charge in [-0.3, -0.25) is 9.78 Å². The molecule has 3 aliphatic rings. The van der Waals surface area contributed by atoms with Crippen molar-refractivity contribution in [3.63, 3.8) is 0 Å². The van der Waals surface area contributed by atoms with Gasteiger partial charge in [-0.1, -0.05) is 29.8 Å². The predicted octanol–water partition coefficient (Wildman–Crippen LogP) is 3.47. The van der Waals surface area contributed by atoms with Crippen LogP contribution in [0.15, 0.2) is 48.7 Å². The summed E-state index contributed by atoms with van der Waals surface area (Å²) >= 11 is 6.15. The number of piperidine rings is 1. The highest BCUT2D eigenvalue weighted by molar-refractivity contribution is 6.30. The fourth-order valence-corrected chi connectivity index (χ4v) is 6.18. The standard InChI is InChI=1S/C29H34ClN5O4/c1-35(29(37)39-21-9-12-38-13-10-21)27-23(18-5-7-20(30)8-6-18)17-34-26(27)28(36)22-14-25(33-16-19(22)15-31)24-4-2-3-11-32-24/h2-8,11,19,21-23,25-27,33-34H,9-10,12-14,16-17H2,1H3/t19?,22?,23-,25?,26?,27-/m0/s1. The van der Waals surface area contributed by atoms with E-state index in [-0.39, 0.29) is 23.8 Å². The van der Waals surface area contributed by atoms with Crippen LogP contribution in [0.4, 0.5) is 4.79 Å². The molecule has 5 rings (SSSR count). The Hall–Kier alpha value is -3.03. The zero-order chi connectivity index (χ0) is 27.4. The minimum Gasteiger partial charge on any atom is -0.446 e. The maximum atomic E-state index is 14.2. The molecule has 3 fully saturated rings. The number of nitriles is 1. The molecule has 3 aliphatic heterocycles. The van der Waals surface area contributed by atoms with Crippen molar-refractivity contribution in [1.29, 1.82) is 5.26 Å². The molecule has 9 nitrogen and oxygen atoms in total. The largest absolute Gasteiger partial charge is 0.446 e. The number of ketones is 1. The lowest BCUT2D eigenvalue weighted by molar-refractivity contribution is -0.128. The molecule has 0 bridgehead atoms. The van der Waals surface area contributed by atoms with E-state index in [2.05, 4.69) is 21.7 Å². The van der Waals surface area contributed by atoms with Gasteiger partial charge in [0.1, 0.15) is 6.10 Å². The molecule has 4 heterocycles. The van der Waals surface area contributed by atoms with E-state index in [0.717, 1.165) is 11.3 Å². The van der Waals surface area contributed by atoms with Gasteiger partial charge < -0.3 is 25.0 Å². The van der Waals surface area contributed by atoms with Crippen LogP contribution in [0.3, 0.4) is 0 Å². The van der Waals surface area contributed by atoms with Crippen molar-refractivity contribution >= 4 is 23.5 Å². The van der Waals surface area contributed by atoms with Gasteiger partial charge in [0.2, 0.25) is 0 Å². The van der Waals surface area contributed by atoms with Crippen LogP contribution in [0.1, 0.15) is 42.5 Å². The normalized spacial score (nSPS) is 29.4. The molecule has 0 aliphatic carbocycles. The first-order chi connectivity index (χ1) is 19.0. The fourth-order valence-electron chi connectivity index (χ4n) is 6.06. The average molecular weight is 552 g/mol. The third-order valence-electron chi connectivity index (χ3n) is 8.22. The van der Waals surface area contributed by atoms with Crippen LogP contribution in [0.25, 0.3) is 0 Å². The third kappa shape index (κ3) is 6.10. The van der Waals surface area contributed by atoms with E-state index < -0.39 is 30.0 Å². The molecule has 6 atom stereocenters. The monoisotopic (exact) mass is 551 g/mol. The first-order valence-corrected chi connectivity index (χ1v) is 13.9. The molecule has 0 radical (unpaired) electrons. The second-order valence-electron chi connectivity index (χ2n) is 10.5. The van der Waals surface area contributed by atoms with Gasteiger partial charge in [0.05, 0.1) is 49.0 Å². The zero-order valence-corrected chi connectivity index (χ0v) is 22.7. The number of pyridine rings is 1. The van der Waals surface area contributed by atoms with Crippen LogP contribution in [0.5, 0.6) is 0 Å². The number of likely N-dealkylation sites (N-methyl/N-ethyl adjacent to an activating group) is 1. The lowest BCUT2D eigenvalue weighted by Gasteiger charge is -2.37. The van der Waals surface area contributed by atoms with Crippen LogP contribution in [-0.2, 0) is 14.3 Å². The summed E-state index contributed by atoms with van der Waals surface area (Å²) < 4.78 is 11.2. The number of halogens is 1. The lowest BCUT2D eigenvalue weighted by atomic mass is 9.76. The van der Waals surface area contributed by atoms with Gasteiger partial charge in [0.15, 0.2) is 5.78 Å². The molecular weight excluding hydrogens is 518 g/mol. The number of carbonyl (C=O) groups is 2. The van der Waals surface area contributed by atoms with E-state index in [0.29, 0.717) is 50.6 Å². The molecule has 2 aromatic rings. The molecule has 2 N–H and O–H groups in total. The summed E-state index contributed by atoms with van der Waals surface area (Å²) in [6, 6.07) is 14.3. The summed E-state index contributed by atoms with van der Waals surface area (Å²) in [4.78, 5) is 33.6. The molecule has 3 saturated heterocycles. The Labute approximate surface area is 233 Å². The van der Waals surface area contributed by atoms with E-state index in [1.54, 1.807) is 18.1 Å². The topological polar surface area (TPSA) is 117 Å². The van der Waals surface area contributed by atoms with Crippen molar-refractivity contribution in [2.75, 3.05) is 33.4 Å². The second-order valence-corrected chi connectivity index (χ2v) is 11.0. The van der Waals surface area contributed by atoms with E-state index in [9.17, 15) is 14.9 Å². The number of amides is 1. The number of benzene rings is 1. The summed E-state index contributed by atoms with van der Waals surface area (Å²) in [7, 11) is 1.70. The highest BCUT2D eigenvalue weighted by Crippen LogP contribution is 2.37. The molecular formula is C29H34ClN5O4. The van der Waals surface area contributed by atoms with Gasteiger partial charge in [-0.05, 0) is 36.2 Å². The Kier molecular flexibility index (Phi) is 8.78. The SMILES string of the molecule is CN(C(=O)OC1CCOCC1)[C@@H]1C(C(=O)C2CC(c3ccccn3)NCC2C#N)NC[C@H]1c1ccc(Cl)cc1.